The summed E-state index contributed by atoms with van der Waals surface area (Å²) in [6, 6.07) is 0. The van der Waals surface area contributed by atoms with Crippen LogP contribution in [0.4, 0.5) is 5.82 Å². The minimum absolute atomic E-state index is 0.181. The van der Waals surface area contributed by atoms with Crippen molar-refractivity contribution in [3.63, 3.8) is 0 Å². The minimum Gasteiger partial charge on any atom is -0.338 e. The van der Waals surface area contributed by atoms with Crippen LogP contribution in [0.5, 0.6) is 0 Å². The maximum Gasteiger partial charge on any atom is 0.275 e. The molecule has 0 radical (unpaired) electrons. The van der Waals surface area contributed by atoms with Crippen molar-refractivity contribution in [3.05, 3.63) is 48.6 Å². The largest absolute Gasteiger partial charge is 0.338 e. The average Bonchev–Trinajstić information content (AvgIpc) is 3.20. The molecule has 2 amide bonds. The number of amides is 2. The number of nitrogens with one attached hydrogen (secondary N) is 1. The van der Waals surface area contributed by atoms with Gasteiger partial charge in [0.05, 0.1) is 24.2 Å². The van der Waals surface area contributed by atoms with E-state index in [1.165, 1.54) is 17.2 Å². The summed E-state index contributed by atoms with van der Waals surface area (Å²) in [6.07, 6.45) is 10.3. The Bertz CT molecular complexity index is 958. The molecule has 4 heterocycles. The van der Waals surface area contributed by atoms with Gasteiger partial charge in [0.1, 0.15) is 12.0 Å². The lowest BCUT2D eigenvalue weighted by Crippen LogP contribution is -2.42. The molecule has 1 fully saturated rings. The molecule has 0 aromatic carbocycles. The van der Waals surface area contributed by atoms with Crippen molar-refractivity contribution >= 4 is 17.6 Å². The van der Waals surface area contributed by atoms with Crippen molar-refractivity contribution in [1.82, 2.24) is 34.2 Å². The van der Waals surface area contributed by atoms with E-state index >= 15 is 0 Å². The summed E-state index contributed by atoms with van der Waals surface area (Å²) in [5, 5.41) is 6.75. The number of carbonyl (C=O) groups excluding carboxylic acids is 2. The fourth-order valence-electron chi connectivity index (χ4n) is 2.67. The van der Waals surface area contributed by atoms with E-state index in [1.807, 2.05) is 0 Å². The Morgan fingerprint density at radius 3 is 2.69 bits per heavy atom. The lowest BCUT2D eigenvalue weighted by Gasteiger charge is -2.30. The number of nitrogens with zero attached hydrogens (tertiary/aromatic N) is 7. The van der Waals surface area contributed by atoms with E-state index in [-0.39, 0.29) is 17.2 Å². The Hall–Kier alpha value is -3.56. The Kier molecular flexibility index (Phi) is 3.92. The van der Waals surface area contributed by atoms with E-state index in [1.54, 1.807) is 41.3 Å². The first kappa shape index (κ1) is 15.9. The number of imidazole rings is 1. The highest BCUT2D eigenvalue weighted by Crippen LogP contribution is 2.17. The molecule has 1 saturated heterocycles. The summed E-state index contributed by atoms with van der Waals surface area (Å²) in [7, 11) is 1.62. The second-order valence-corrected chi connectivity index (χ2v) is 5.86. The number of hydrogen-bond donors (Lipinski definition) is 1. The zero-order valence-corrected chi connectivity index (χ0v) is 14.0. The molecule has 1 aliphatic heterocycles. The Morgan fingerprint density at radius 1 is 1.15 bits per heavy atom. The van der Waals surface area contributed by atoms with Crippen LogP contribution in [0.1, 0.15) is 27.3 Å². The van der Waals surface area contributed by atoms with Crippen molar-refractivity contribution in [2.45, 2.75) is 6.42 Å². The van der Waals surface area contributed by atoms with Crippen LogP contribution in [0.3, 0.4) is 0 Å². The highest BCUT2D eigenvalue weighted by Gasteiger charge is 2.28. The van der Waals surface area contributed by atoms with E-state index in [4.69, 9.17) is 0 Å². The van der Waals surface area contributed by atoms with Gasteiger partial charge in [0, 0.05) is 32.5 Å². The van der Waals surface area contributed by atoms with Gasteiger partial charge in [-0.25, -0.2) is 9.97 Å². The van der Waals surface area contributed by atoms with Gasteiger partial charge in [-0.15, -0.1) is 0 Å². The minimum atomic E-state index is -0.446. The van der Waals surface area contributed by atoms with Gasteiger partial charge in [-0.3, -0.25) is 23.8 Å². The fourth-order valence-corrected chi connectivity index (χ4v) is 2.67. The molecule has 10 nitrogen and oxygen atoms in total. The second-order valence-electron chi connectivity index (χ2n) is 5.86. The van der Waals surface area contributed by atoms with E-state index in [0.717, 1.165) is 6.42 Å². The van der Waals surface area contributed by atoms with Crippen molar-refractivity contribution < 1.29 is 9.59 Å². The molecule has 3 aromatic rings. The molecular weight excluding hydrogens is 336 g/mol. The van der Waals surface area contributed by atoms with Gasteiger partial charge in [-0.2, -0.15) is 5.10 Å². The van der Waals surface area contributed by atoms with Crippen LogP contribution in [-0.4, -0.2) is 59.1 Å². The maximum absolute atomic E-state index is 12.7. The van der Waals surface area contributed by atoms with E-state index < -0.39 is 5.91 Å². The number of aromatic nitrogens is 6. The fraction of sp³-hybridized carbons (Fsp3) is 0.250. The SMILES string of the molecule is Cn1ncc(C(=O)N2CCC2)c1C(=O)Nc1cn(-c2cnccn2)cn1. The molecule has 0 saturated carbocycles. The predicted octanol–water partition coefficient (Wildman–Crippen LogP) is 0.494. The molecule has 1 N–H and O–H groups in total. The molecule has 1 aliphatic rings. The van der Waals surface area contributed by atoms with Crippen LogP contribution in [-0.2, 0) is 7.05 Å². The first-order valence-electron chi connectivity index (χ1n) is 8.06. The van der Waals surface area contributed by atoms with Gasteiger partial charge in [-0.1, -0.05) is 0 Å². The Balaban J connectivity index is 1.55. The molecule has 132 valence electrons. The quantitative estimate of drug-likeness (QED) is 0.732. The number of rotatable bonds is 4. The molecule has 0 atom stereocenters. The zero-order valence-electron chi connectivity index (χ0n) is 14.0. The first-order valence-corrected chi connectivity index (χ1v) is 8.06. The van der Waals surface area contributed by atoms with Crippen molar-refractivity contribution in [2.24, 2.45) is 7.05 Å². The average molecular weight is 352 g/mol. The molecule has 0 spiro atoms. The number of aryl methyl sites for hydroxylation is 1. The number of anilines is 1. The van der Waals surface area contributed by atoms with Gasteiger partial charge in [0.15, 0.2) is 11.6 Å². The molecule has 4 rings (SSSR count). The first-order chi connectivity index (χ1) is 12.6. The maximum atomic E-state index is 12.7. The molecule has 26 heavy (non-hydrogen) atoms. The molecule has 10 heteroatoms. The smallest absolute Gasteiger partial charge is 0.275 e. The summed E-state index contributed by atoms with van der Waals surface area (Å²) >= 11 is 0. The van der Waals surface area contributed by atoms with Crippen LogP contribution in [0, 0.1) is 0 Å². The predicted molar refractivity (Wildman–Crippen MR) is 90.8 cm³/mol. The van der Waals surface area contributed by atoms with Gasteiger partial charge in [0.25, 0.3) is 11.8 Å². The monoisotopic (exact) mass is 352 g/mol. The second kappa shape index (κ2) is 6.39. The zero-order chi connectivity index (χ0) is 18.1. The van der Waals surface area contributed by atoms with E-state index in [2.05, 4.69) is 25.4 Å². The molecule has 0 unspecified atom stereocenters. The number of hydrogen-bond acceptors (Lipinski definition) is 6. The van der Waals surface area contributed by atoms with Crippen molar-refractivity contribution in [1.29, 1.82) is 0 Å². The Labute approximate surface area is 148 Å². The third-order valence-corrected chi connectivity index (χ3v) is 4.17. The van der Waals surface area contributed by atoms with Crippen molar-refractivity contribution in [2.75, 3.05) is 18.4 Å². The molecular formula is C16H16N8O2. The normalized spacial score (nSPS) is 13.3. The summed E-state index contributed by atoms with van der Waals surface area (Å²) in [4.78, 5) is 39.1. The van der Waals surface area contributed by atoms with Gasteiger partial charge < -0.3 is 10.2 Å². The van der Waals surface area contributed by atoms with Crippen molar-refractivity contribution in [3.8, 4) is 5.82 Å². The topological polar surface area (TPSA) is 111 Å². The molecule has 0 bridgehead atoms. The van der Waals surface area contributed by atoms with Gasteiger partial charge in [0.2, 0.25) is 0 Å². The number of carbonyl (C=O) groups is 2. The van der Waals surface area contributed by atoms with Crippen LogP contribution in [0.15, 0.2) is 37.3 Å². The summed E-state index contributed by atoms with van der Waals surface area (Å²) in [6.45, 7) is 1.41. The summed E-state index contributed by atoms with van der Waals surface area (Å²) < 4.78 is 3.03. The lowest BCUT2D eigenvalue weighted by atomic mass is 10.1. The third kappa shape index (κ3) is 2.81. The van der Waals surface area contributed by atoms with Crippen LogP contribution >= 0.6 is 0 Å². The lowest BCUT2D eigenvalue weighted by molar-refractivity contribution is 0.0648. The van der Waals surface area contributed by atoms with E-state index in [0.29, 0.717) is 24.7 Å². The highest BCUT2D eigenvalue weighted by atomic mass is 16.2. The third-order valence-electron chi connectivity index (χ3n) is 4.17. The molecule has 0 aliphatic carbocycles. The van der Waals surface area contributed by atoms with E-state index in [9.17, 15) is 9.59 Å². The van der Waals surface area contributed by atoms with Crippen LogP contribution in [0.25, 0.3) is 5.82 Å². The van der Waals surface area contributed by atoms with Crippen LogP contribution in [0.2, 0.25) is 0 Å². The van der Waals surface area contributed by atoms with Gasteiger partial charge >= 0.3 is 0 Å². The van der Waals surface area contributed by atoms with Gasteiger partial charge in [-0.05, 0) is 6.42 Å². The number of likely N-dealkylation sites (tertiary alicyclic amines) is 1. The summed E-state index contributed by atoms with van der Waals surface area (Å²) in [5.41, 5.74) is 0.494. The standard InChI is InChI=1S/C16H16N8O2/c1-22-14(11(7-20-22)16(26)23-5-2-6-23)15(25)21-12-9-24(10-19-12)13-8-17-3-4-18-13/h3-4,7-10H,2,5-6H2,1H3,(H,21,25). The molecule has 3 aromatic heterocycles. The van der Waals surface area contributed by atoms with Crippen LogP contribution < -0.4 is 5.32 Å². The highest BCUT2D eigenvalue weighted by molar-refractivity contribution is 6.10. The summed E-state index contributed by atoms with van der Waals surface area (Å²) in [5.74, 6) is 0.289. The Morgan fingerprint density at radius 2 is 2.00 bits per heavy atom.